The maximum atomic E-state index is 13.9. The van der Waals surface area contributed by atoms with Crippen LogP contribution in [0, 0.1) is 0 Å². The van der Waals surface area contributed by atoms with E-state index >= 15 is 0 Å². The van der Waals surface area contributed by atoms with Crippen molar-refractivity contribution in [3.8, 4) is 0 Å². The van der Waals surface area contributed by atoms with Crippen molar-refractivity contribution in [1.82, 2.24) is 14.2 Å². The number of carbonyl (C=O) groups excluding carboxylic acids is 3. The van der Waals surface area contributed by atoms with Crippen LogP contribution in [-0.2, 0) is 22.4 Å². The lowest BCUT2D eigenvalue weighted by molar-refractivity contribution is -0.145. The number of hydrogen-bond acceptors (Lipinski definition) is 5. The molecule has 0 aliphatic carbocycles. The third-order valence-corrected chi connectivity index (χ3v) is 8.91. The molecule has 7 heteroatoms. The smallest absolute Gasteiger partial charge is 0.328 e. The molecule has 238 valence electrons. The predicted octanol–water partition coefficient (Wildman–Crippen LogP) is 7.13. The quantitative estimate of drug-likeness (QED) is 0.122. The number of pyridine rings is 1. The van der Waals surface area contributed by atoms with Crippen LogP contribution in [0.5, 0.6) is 0 Å². The molecule has 1 aliphatic heterocycles. The lowest BCUT2D eigenvalue weighted by Gasteiger charge is -2.22. The fourth-order valence-electron chi connectivity index (χ4n) is 6.30. The highest BCUT2D eigenvalue weighted by Gasteiger charge is 2.35. The van der Waals surface area contributed by atoms with E-state index in [4.69, 9.17) is 4.74 Å². The minimum atomic E-state index is -0.545. The Morgan fingerprint density at radius 2 is 1.52 bits per heavy atom. The van der Waals surface area contributed by atoms with E-state index in [1.165, 1.54) is 51.4 Å². The molecule has 0 bridgehead atoms. The fourth-order valence-corrected chi connectivity index (χ4v) is 6.30. The van der Waals surface area contributed by atoms with Crippen LogP contribution in [0.1, 0.15) is 116 Å². The van der Waals surface area contributed by atoms with Gasteiger partial charge in [-0.15, -0.1) is 0 Å². The first-order valence-corrected chi connectivity index (χ1v) is 16.8. The molecule has 0 spiro atoms. The van der Waals surface area contributed by atoms with Gasteiger partial charge in [-0.25, -0.2) is 4.79 Å². The van der Waals surface area contributed by atoms with Gasteiger partial charge < -0.3 is 18.9 Å². The zero-order valence-electron chi connectivity index (χ0n) is 27.3. The van der Waals surface area contributed by atoms with Crippen molar-refractivity contribution in [3.05, 3.63) is 76.6 Å². The van der Waals surface area contributed by atoms with Crippen LogP contribution in [0.2, 0.25) is 0 Å². The molecular weight excluding hydrogens is 550 g/mol. The Hall–Kier alpha value is -3.45. The van der Waals surface area contributed by atoms with Gasteiger partial charge in [0.25, 0.3) is 5.91 Å². The second kappa shape index (κ2) is 16.6. The van der Waals surface area contributed by atoms with Gasteiger partial charge in [0.1, 0.15) is 6.04 Å². The van der Waals surface area contributed by atoms with E-state index in [2.05, 4.69) is 37.8 Å². The van der Waals surface area contributed by atoms with Gasteiger partial charge in [0.15, 0.2) is 0 Å². The van der Waals surface area contributed by atoms with Gasteiger partial charge in [0, 0.05) is 29.4 Å². The van der Waals surface area contributed by atoms with Crippen molar-refractivity contribution >= 4 is 23.2 Å². The van der Waals surface area contributed by atoms with Crippen LogP contribution in [-0.4, -0.2) is 71.2 Å². The Morgan fingerprint density at radius 3 is 2.18 bits per heavy atom. The van der Waals surface area contributed by atoms with Crippen molar-refractivity contribution in [2.45, 2.75) is 97.4 Å². The number of aromatic nitrogens is 1. The first kappa shape index (κ1) is 33.4. The summed E-state index contributed by atoms with van der Waals surface area (Å²) in [5.74, 6) is -0.558. The summed E-state index contributed by atoms with van der Waals surface area (Å²) in [6.07, 6.45) is 13.1. The normalized spacial score (nSPS) is 14.9. The lowest BCUT2D eigenvalue weighted by atomic mass is 10.00. The molecule has 3 heterocycles. The van der Waals surface area contributed by atoms with Crippen LogP contribution in [0.15, 0.2) is 48.7 Å². The molecule has 1 saturated heterocycles. The van der Waals surface area contributed by atoms with E-state index in [0.717, 1.165) is 56.1 Å². The molecule has 0 N–H and O–H groups in total. The zero-order valence-corrected chi connectivity index (χ0v) is 27.3. The van der Waals surface area contributed by atoms with Gasteiger partial charge in [-0.3, -0.25) is 9.59 Å². The number of methoxy groups -OCH3 is 1. The molecule has 0 saturated carbocycles. The molecule has 1 aliphatic rings. The number of likely N-dealkylation sites (tertiary alicyclic amines) is 1. The predicted molar refractivity (Wildman–Crippen MR) is 177 cm³/mol. The standard InChI is InChI=1S/C37H51N3O4/c1-5-8-14-30-26-32-27-31(36(42)40-24-12-15-33(40)37(43)44-4)20-25-39(32)34(30)35(41)29-18-16-28(17-19-29)13-11-23-38(21-9-6-2)22-10-7-3/h16-20,25-27,33H,5-15,21-24H2,1-4H3/t33-/m0/s1. The van der Waals surface area contributed by atoms with Gasteiger partial charge >= 0.3 is 5.97 Å². The Kier molecular flexibility index (Phi) is 12.6. The van der Waals surface area contributed by atoms with Crippen molar-refractivity contribution in [2.75, 3.05) is 33.3 Å². The number of benzene rings is 1. The molecule has 0 unspecified atom stereocenters. The number of rotatable bonds is 17. The second-order valence-electron chi connectivity index (χ2n) is 12.2. The summed E-state index contributed by atoms with van der Waals surface area (Å²) in [7, 11) is 1.36. The summed E-state index contributed by atoms with van der Waals surface area (Å²) in [4.78, 5) is 43.8. The molecule has 7 nitrogen and oxygen atoms in total. The van der Waals surface area contributed by atoms with Crippen molar-refractivity contribution < 1.29 is 19.1 Å². The summed E-state index contributed by atoms with van der Waals surface area (Å²) in [5, 5.41) is 0. The van der Waals surface area contributed by atoms with E-state index < -0.39 is 6.04 Å². The van der Waals surface area contributed by atoms with Gasteiger partial charge in [-0.05, 0) is 100 Å². The first-order valence-electron chi connectivity index (χ1n) is 16.8. The summed E-state index contributed by atoms with van der Waals surface area (Å²) in [5.41, 5.74) is 4.92. The SMILES string of the molecule is CCCCc1cc2cc(C(=O)N3CCC[C@H]3C(=O)OC)ccn2c1C(=O)c1ccc(CCCN(CCCC)CCCC)cc1. The summed E-state index contributed by atoms with van der Waals surface area (Å²) in [6.45, 7) is 10.6. The highest BCUT2D eigenvalue weighted by molar-refractivity contribution is 6.10. The minimum absolute atomic E-state index is 0.00247. The van der Waals surface area contributed by atoms with Crippen molar-refractivity contribution in [3.63, 3.8) is 0 Å². The third-order valence-electron chi connectivity index (χ3n) is 8.91. The lowest BCUT2D eigenvalue weighted by Crippen LogP contribution is -2.41. The Bertz CT molecular complexity index is 1390. The largest absolute Gasteiger partial charge is 0.467 e. The molecule has 3 aromatic rings. The van der Waals surface area contributed by atoms with Crippen LogP contribution in [0.3, 0.4) is 0 Å². The zero-order chi connectivity index (χ0) is 31.5. The average molecular weight is 602 g/mol. The van der Waals surface area contributed by atoms with Gasteiger partial charge in [-0.1, -0.05) is 64.3 Å². The van der Waals surface area contributed by atoms with Crippen LogP contribution < -0.4 is 0 Å². The Labute approximate surface area is 263 Å². The highest BCUT2D eigenvalue weighted by Crippen LogP contribution is 2.26. The molecule has 44 heavy (non-hydrogen) atoms. The number of nitrogens with zero attached hydrogens (tertiary/aromatic N) is 3. The topological polar surface area (TPSA) is 71.3 Å². The number of aryl methyl sites for hydroxylation is 2. The van der Waals surface area contributed by atoms with E-state index in [9.17, 15) is 14.4 Å². The Balaban J connectivity index is 1.50. The Morgan fingerprint density at radius 1 is 0.841 bits per heavy atom. The summed E-state index contributed by atoms with van der Waals surface area (Å²) >= 11 is 0. The summed E-state index contributed by atoms with van der Waals surface area (Å²) in [6, 6.07) is 13.2. The first-order chi connectivity index (χ1) is 21.4. The number of unbranched alkanes of at least 4 members (excludes halogenated alkanes) is 3. The second-order valence-corrected chi connectivity index (χ2v) is 12.2. The summed E-state index contributed by atoms with van der Waals surface area (Å²) < 4.78 is 6.85. The number of ether oxygens (including phenoxy) is 1. The number of fused-ring (bicyclic) bond motifs is 1. The van der Waals surface area contributed by atoms with Crippen molar-refractivity contribution in [1.29, 1.82) is 0 Å². The molecule has 1 aromatic carbocycles. The third kappa shape index (κ3) is 8.17. The van der Waals surface area contributed by atoms with Gasteiger partial charge in [-0.2, -0.15) is 0 Å². The molecule has 1 amide bonds. The van der Waals surface area contributed by atoms with Crippen LogP contribution in [0.25, 0.3) is 5.52 Å². The number of esters is 1. The van der Waals surface area contributed by atoms with E-state index in [-0.39, 0.29) is 17.7 Å². The molecule has 0 radical (unpaired) electrons. The molecule has 4 rings (SSSR count). The number of ketones is 1. The van der Waals surface area contributed by atoms with Gasteiger partial charge in [0.05, 0.1) is 12.8 Å². The molecular formula is C37H51N3O4. The molecule has 1 fully saturated rings. The van der Waals surface area contributed by atoms with Gasteiger partial charge in [0.2, 0.25) is 5.78 Å². The van der Waals surface area contributed by atoms with E-state index in [0.29, 0.717) is 29.8 Å². The van der Waals surface area contributed by atoms with E-state index in [1.807, 2.05) is 34.9 Å². The molecule has 2 aromatic heterocycles. The fraction of sp³-hybridized carbons (Fsp3) is 0.541. The maximum Gasteiger partial charge on any atom is 0.328 e. The average Bonchev–Trinajstić information content (AvgIpc) is 3.69. The maximum absolute atomic E-state index is 13.9. The van der Waals surface area contributed by atoms with Crippen LogP contribution >= 0.6 is 0 Å². The number of carbonyl (C=O) groups is 3. The van der Waals surface area contributed by atoms with Crippen LogP contribution in [0.4, 0.5) is 0 Å². The highest BCUT2D eigenvalue weighted by atomic mass is 16.5. The monoisotopic (exact) mass is 601 g/mol. The molecule has 1 atom stereocenters. The number of amides is 1. The van der Waals surface area contributed by atoms with Crippen molar-refractivity contribution in [2.24, 2.45) is 0 Å². The number of hydrogen-bond donors (Lipinski definition) is 0. The van der Waals surface area contributed by atoms with E-state index in [1.54, 1.807) is 11.0 Å². The minimum Gasteiger partial charge on any atom is -0.467 e.